The molecular weight excluding hydrogens is 336 g/mol. The summed E-state index contributed by atoms with van der Waals surface area (Å²) in [6, 6.07) is 10.1. The molecule has 0 atom stereocenters. The third kappa shape index (κ3) is 3.34. The first-order valence-electron chi connectivity index (χ1n) is 9.21. The molecule has 25 heavy (non-hydrogen) atoms. The molecule has 0 bridgehead atoms. The van der Waals surface area contributed by atoms with E-state index in [0.717, 1.165) is 24.8 Å². The number of amides is 1. The average molecular weight is 365 g/mol. The summed E-state index contributed by atoms with van der Waals surface area (Å²) in [6.45, 7) is 2.95. The van der Waals surface area contributed by atoms with Crippen LogP contribution in [0.5, 0.6) is 0 Å². The van der Waals surface area contributed by atoms with Crippen molar-refractivity contribution >= 4 is 15.9 Å². The van der Waals surface area contributed by atoms with Crippen molar-refractivity contribution in [3.63, 3.8) is 0 Å². The zero-order valence-corrected chi connectivity index (χ0v) is 16.0. The van der Waals surface area contributed by atoms with E-state index in [1.807, 2.05) is 23.1 Å². The molecule has 138 valence electrons. The molecule has 0 unspecified atom stereocenters. The summed E-state index contributed by atoms with van der Waals surface area (Å²) in [6.07, 6.45) is 4.35. The standard InChI is InChI=1S/C19H28N2O3S/c1-3-25(23,24)20(2)17-10-14-21(15-11-17)18(22)19(12-7-13-19)16-8-5-4-6-9-16/h4-6,8-9,17H,3,7,10-15H2,1-2H3. The Morgan fingerprint density at radius 1 is 1.20 bits per heavy atom. The van der Waals surface area contributed by atoms with Crippen molar-refractivity contribution in [2.24, 2.45) is 0 Å². The van der Waals surface area contributed by atoms with Gasteiger partial charge in [-0.25, -0.2) is 12.7 Å². The predicted octanol–water partition coefficient (Wildman–Crippen LogP) is 2.38. The third-order valence-corrected chi connectivity index (χ3v) is 7.92. The molecule has 1 aliphatic carbocycles. The van der Waals surface area contributed by atoms with Crippen molar-refractivity contribution in [2.75, 3.05) is 25.9 Å². The van der Waals surface area contributed by atoms with E-state index in [0.29, 0.717) is 25.9 Å². The summed E-state index contributed by atoms with van der Waals surface area (Å²) < 4.78 is 25.6. The number of hydrogen-bond donors (Lipinski definition) is 0. The van der Waals surface area contributed by atoms with Gasteiger partial charge in [-0.05, 0) is 38.2 Å². The highest BCUT2D eigenvalue weighted by Crippen LogP contribution is 2.45. The van der Waals surface area contributed by atoms with Gasteiger partial charge in [0.1, 0.15) is 0 Å². The van der Waals surface area contributed by atoms with E-state index in [4.69, 9.17) is 0 Å². The van der Waals surface area contributed by atoms with Gasteiger partial charge in [0.2, 0.25) is 15.9 Å². The van der Waals surface area contributed by atoms with Crippen molar-refractivity contribution in [1.29, 1.82) is 0 Å². The molecule has 2 fully saturated rings. The van der Waals surface area contributed by atoms with Gasteiger partial charge in [0.25, 0.3) is 0 Å². The van der Waals surface area contributed by atoms with Crippen molar-refractivity contribution in [2.45, 2.75) is 50.5 Å². The van der Waals surface area contributed by atoms with Crippen LogP contribution in [-0.4, -0.2) is 55.5 Å². The highest BCUT2D eigenvalue weighted by Gasteiger charge is 2.48. The SMILES string of the molecule is CCS(=O)(=O)N(C)C1CCN(C(=O)C2(c3ccccc3)CCC2)CC1. The molecule has 0 spiro atoms. The largest absolute Gasteiger partial charge is 0.342 e. The smallest absolute Gasteiger partial charge is 0.233 e. The van der Waals surface area contributed by atoms with Crippen molar-refractivity contribution in [3.05, 3.63) is 35.9 Å². The molecule has 1 aromatic carbocycles. The minimum absolute atomic E-state index is 0.00284. The highest BCUT2D eigenvalue weighted by molar-refractivity contribution is 7.89. The predicted molar refractivity (Wildman–Crippen MR) is 98.8 cm³/mol. The Balaban J connectivity index is 1.68. The number of piperidine rings is 1. The van der Waals surface area contributed by atoms with Gasteiger partial charge in [-0.2, -0.15) is 0 Å². The van der Waals surface area contributed by atoms with E-state index in [1.54, 1.807) is 14.0 Å². The van der Waals surface area contributed by atoms with Crippen LogP contribution in [0.25, 0.3) is 0 Å². The quantitative estimate of drug-likeness (QED) is 0.806. The number of hydrogen-bond acceptors (Lipinski definition) is 3. The summed E-state index contributed by atoms with van der Waals surface area (Å²) in [5, 5.41) is 0. The Labute approximate surface area is 151 Å². The van der Waals surface area contributed by atoms with Crippen molar-refractivity contribution in [3.8, 4) is 0 Å². The molecule has 1 heterocycles. The molecule has 3 rings (SSSR count). The van der Waals surface area contributed by atoms with Crippen LogP contribution in [0.2, 0.25) is 0 Å². The fraction of sp³-hybridized carbons (Fsp3) is 0.632. The second kappa shape index (κ2) is 7.08. The van der Waals surface area contributed by atoms with E-state index in [2.05, 4.69) is 12.1 Å². The van der Waals surface area contributed by atoms with Crippen LogP contribution in [0.15, 0.2) is 30.3 Å². The van der Waals surface area contributed by atoms with Crippen molar-refractivity contribution in [1.82, 2.24) is 9.21 Å². The fourth-order valence-electron chi connectivity index (χ4n) is 4.08. The molecule has 1 aliphatic heterocycles. The van der Waals surface area contributed by atoms with E-state index in [9.17, 15) is 13.2 Å². The number of sulfonamides is 1. The first-order chi connectivity index (χ1) is 11.9. The van der Waals surface area contributed by atoms with E-state index >= 15 is 0 Å². The van der Waals surface area contributed by atoms with Crippen LogP contribution < -0.4 is 0 Å². The molecule has 0 radical (unpaired) electrons. The Bertz CT molecular complexity index is 705. The zero-order chi connectivity index (χ0) is 18.1. The van der Waals surface area contributed by atoms with Gasteiger partial charge >= 0.3 is 0 Å². The Morgan fingerprint density at radius 3 is 2.28 bits per heavy atom. The summed E-state index contributed by atoms with van der Waals surface area (Å²) in [5.41, 5.74) is 0.772. The molecule has 1 amide bonds. The summed E-state index contributed by atoms with van der Waals surface area (Å²) in [5.74, 6) is 0.351. The van der Waals surface area contributed by atoms with E-state index < -0.39 is 10.0 Å². The Kier molecular flexibility index (Phi) is 5.21. The normalized spacial score (nSPS) is 21.2. The topological polar surface area (TPSA) is 57.7 Å². The first kappa shape index (κ1) is 18.4. The maximum absolute atomic E-state index is 13.2. The van der Waals surface area contributed by atoms with Gasteiger partial charge in [-0.15, -0.1) is 0 Å². The average Bonchev–Trinajstić information content (AvgIpc) is 2.61. The lowest BCUT2D eigenvalue weighted by atomic mass is 9.63. The second-order valence-electron chi connectivity index (χ2n) is 7.24. The molecule has 5 nitrogen and oxygen atoms in total. The molecule has 1 saturated heterocycles. The first-order valence-corrected chi connectivity index (χ1v) is 10.8. The molecule has 2 aliphatic rings. The van der Waals surface area contributed by atoms with Crippen LogP contribution in [0, 0.1) is 0 Å². The van der Waals surface area contributed by atoms with Crippen LogP contribution >= 0.6 is 0 Å². The maximum atomic E-state index is 13.2. The molecule has 0 N–H and O–H groups in total. The van der Waals surface area contributed by atoms with Gasteiger partial charge in [-0.3, -0.25) is 4.79 Å². The van der Waals surface area contributed by atoms with Gasteiger partial charge in [0.15, 0.2) is 0 Å². The highest BCUT2D eigenvalue weighted by atomic mass is 32.2. The lowest BCUT2D eigenvalue weighted by Gasteiger charge is -2.46. The number of nitrogens with zero attached hydrogens (tertiary/aromatic N) is 2. The molecule has 0 aromatic heterocycles. The summed E-state index contributed by atoms with van der Waals surface area (Å²) in [7, 11) is -1.51. The van der Waals surface area contributed by atoms with E-state index in [-0.39, 0.29) is 23.1 Å². The second-order valence-corrected chi connectivity index (χ2v) is 9.56. The molecule has 1 saturated carbocycles. The van der Waals surface area contributed by atoms with Crippen LogP contribution in [0.4, 0.5) is 0 Å². The van der Waals surface area contributed by atoms with E-state index in [1.165, 1.54) is 4.31 Å². The third-order valence-electron chi connectivity index (χ3n) is 6.01. The number of carbonyl (C=O) groups excluding carboxylic acids is 1. The van der Waals surface area contributed by atoms with Gasteiger partial charge in [0.05, 0.1) is 11.2 Å². The number of likely N-dealkylation sites (tertiary alicyclic amines) is 1. The van der Waals surface area contributed by atoms with Crippen molar-refractivity contribution < 1.29 is 13.2 Å². The number of rotatable bonds is 5. The lowest BCUT2D eigenvalue weighted by molar-refractivity contribution is -0.142. The van der Waals surface area contributed by atoms with Crippen LogP contribution in [-0.2, 0) is 20.2 Å². The van der Waals surface area contributed by atoms with Gasteiger partial charge in [0, 0.05) is 26.2 Å². The summed E-state index contributed by atoms with van der Waals surface area (Å²) in [4.78, 5) is 15.2. The molecular formula is C19H28N2O3S. The Hall–Kier alpha value is -1.40. The van der Waals surface area contributed by atoms with Gasteiger partial charge in [-0.1, -0.05) is 36.8 Å². The van der Waals surface area contributed by atoms with Gasteiger partial charge < -0.3 is 4.90 Å². The monoisotopic (exact) mass is 364 g/mol. The summed E-state index contributed by atoms with van der Waals surface area (Å²) >= 11 is 0. The number of carbonyl (C=O) groups is 1. The number of benzene rings is 1. The minimum atomic E-state index is -3.17. The maximum Gasteiger partial charge on any atom is 0.233 e. The van der Waals surface area contributed by atoms with Crippen LogP contribution in [0.3, 0.4) is 0 Å². The zero-order valence-electron chi connectivity index (χ0n) is 15.1. The fourth-order valence-corrected chi connectivity index (χ4v) is 5.15. The van der Waals surface area contributed by atoms with Crippen LogP contribution in [0.1, 0.15) is 44.6 Å². The Morgan fingerprint density at radius 2 is 1.80 bits per heavy atom. The molecule has 6 heteroatoms. The minimum Gasteiger partial charge on any atom is -0.342 e. The lowest BCUT2D eigenvalue weighted by Crippen LogP contribution is -2.55. The molecule has 1 aromatic rings.